The van der Waals surface area contributed by atoms with Crippen LogP contribution in [0, 0.1) is 0 Å². The van der Waals surface area contributed by atoms with E-state index >= 15 is 0 Å². The number of aromatic nitrogens is 1. The zero-order chi connectivity index (χ0) is 14.8. The largest absolute Gasteiger partial charge is 0.493 e. The number of H-pyrrole nitrogens is 1. The Bertz CT molecular complexity index is 806. The number of nitrogens with zero attached hydrogens (tertiary/aromatic N) is 2. The van der Waals surface area contributed by atoms with Crippen molar-refractivity contribution in [2.24, 2.45) is 10.2 Å². The lowest BCUT2D eigenvalue weighted by molar-refractivity contribution is 0.459. The quantitative estimate of drug-likeness (QED) is 0.596. The van der Waals surface area contributed by atoms with Gasteiger partial charge >= 0.3 is 0 Å². The Balaban J connectivity index is 2.03. The molecular formula is C16H14BrN3O. The van der Waals surface area contributed by atoms with E-state index in [1.165, 1.54) is 5.56 Å². The topological polar surface area (TPSA) is 60.7 Å². The highest BCUT2D eigenvalue weighted by molar-refractivity contribution is 9.10. The molecule has 0 saturated heterocycles. The van der Waals surface area contributed by atoms with Crippen LogP contribution in [-0.2, 0) is 6.42 Å². The fourth-order valence-electron chi connectivity index (χ4n) is 2.15. The van der Waals surface area contributed by atoms with Crippen molar-refractivity contribution < 1.29 is 5.11 Å². The van der Waals surface area contributed by atoms with Gasteiger partial charge in [0, 0.05) is 9.86 Å². The highest BCUT2D eigenvalue weighted by atomic mass is 79.9. The van der Waals surface area contributed by atoms with Gasteiger partial charge in [0.25, 0.3) is 0 Å². The van der Waals surface area contributed by atoms with E-state index in [9.17, 15) is 5.11 Å². The van der Waals surface area contributed by atoms with E-state index in [2.05, 4.69) is 38.1 Å². The summed E-state index contributed by atoms with van der Waals surface area (Å²) in [6.07, 6.45) is 0.936. The van der Waals surface area contributed by atoms with Crippen LogP contribution in [0.5, 0.6) is 5.88 Å². The highest BCUT2D eigenvalue weighted by Gasteiger charge is 2.10. The number of fused-ring (bicyclic) bond motifs is 1. The van der Waals surface area contributed by atoms with Gasteiger partial charge in [0.15, 0.2) is 5.69 Å². The average molecular weight is 344 g/mol. The molecule has 0 aliphatic heterocycles. The molecule has 0 atom stereocenters. The summed E-state index contributed by atoms with van der Waals surface area (Å²) in [7, 11) is 0. The number of aromatic hydroxyl groups is 1. The average Bonchev–Trinajstić information content (AvgIpc) is 2.81. The van der Waals surface area contributed by atoms with E-state index in [0.29, 0.717) is 5.69 Å². The molecule has 0 amide bonds. The van der Waals surface area contributed by atoms with E-state index in [1.54, 1.807) is 0 Å². The van der Waals surface area contributed by atoms with E-state index in [0.717, 1.165) is 27.5 Å². The number of aryl methyl sites for hydroxylation is 1. The zero-order valence-corrected chi connectivity index (χ0v) is 13.1. The molecule has 5 heteroatoms. The molecule has 2 aromatic carbocycles. The molecule has 4 nitrogen and oxygen atoms in total. The van der Waals surface area contributed by atoms with Crippen LogP contribution in [0.1, 0.15) is 12.5 Å². The number of rotatable bonds is 3. The van der Waals surface area contributed by atoms with Crippen LogP contribution in [0.15, 0.2) is 57.2 Å². The van der Waals surface area contributed by atoms with Gasteiger partial charge in [-0.25, -0.2) is 0 Å². The Kier molecular flexibility index (Phi) is 3.75. The van der Waals surface area contributed by atoms with Gasteiger partial charge in [-0.05, 0) is 48.4 Å². The van der Waals surface area contributed by atoms with Crippen molar-refractivity contribution in [2.45, 2.75) is 13.3 Å². The van der Waals surface area contributed by atoms with Crippen molar-refractivity contribution in [3.8, 4) is 5.88 Å². The Morgan fingerprint density at radius 1 is 1.10 bits per heavy atom. The van der Waals surface area contributed by atoms with Crippen molar-refractivity contribution in [3.05, 3.63) is 52.5 Å². The van der Waals surface area contributed by atoms with E-state index in [4.69, 9.17) is 0 Å². The number of hydrogen-bond donors (Lipinski definition) is 2. The molecule has 106 valence electrons. The first-order valence-electron chi connectivity index (χ1n) is 6.68. The lowest BCUT2D eigenvalue weighted by Crippen LogP contribution is -1.77. The van der Waals surface area contributed by atoms with Gasteiger partial charge in [-0.3, -0.25) is 0 Å². The number of halogens is 1. The molecule has 0 spiro atoms. The maximum absolute atomic E-state index is 10.0. The van der Waals surface area contributed by atoms with Crippen molar-refractivity contribution in [1.29, 1.82) is 0 Å². The molecule has 0 unspecified atom stereocenters. The first-order chi connectivity index (χ1) is 10.2. The fourth-order valence-corrected chi connectivity index (χ4v) is 2.41. The molecule has 1 heterocycles. The second-order valence-corrected chi connectivity index (χ2v) is 5.65. The standard InChI is InChI=1S/C16H14BrN3O/c1-2-10-3-8-14-13(9-10)15(16(21)18-14)20-19-12-6-4-11(17)5-7-12/h3-9,18,21H,2H2,1H3. The molecule has 1 aromatic heterocycles. The SMILES string of the molecule is CCc1ccc2[nH]c(O)c(N=Nc3ccc(Br)cc3)c2c1. The van der Waals surface area contributed by atoms with E-state index in [1.807, 2.05) is 42.5 Å². The number of aromatic amines is 1. The third-order valence-corrected chi connectivity index (χ3v) is 3.85. The smallest absolute Gasteiger partial charge is 0.218 e. The molecule has 3 aromatic rings. The van der Waals surface area contributed by atoms with Crippen LogP contribution in [0.25, 0.3) is 10.9 Å². The minimum Gasteiger partial charge on any atom is -0.493 e. The second kappa shape index (κ2) is 5.69. The Hall–Kier alpha value is -2.14. The zero-order valence-electron chi connectivity index (χ0n) is 11.5. The molecule has 0 radical (unpaired) electrons. The molecule has 2 N–H and O–H groups in total. The van der Waals surface area contributed by atoms with E-state index in [-0.39, 0.29) is 5.88 Å². The van der Waals surface area contributed by atoms with Crippen LogP contribution in [0.2, 0.25) is 0 Å². The molecule has 3 rings (SSSR count). The Morgan fingerprint density at radius 3 is 2.57 bits per heavy atom. The Labute approximate surface area is 130 Å². The minimum atomic E-state index is 0.0408. The molecule has 0 saturated carbocycles. The van der Waals surface area contributed by atoms with Gasteiger partial charge in [-0.1, -0.05) is 28.9 Å². The van der Waals surface area contributed by atoms with Crippen LogP contribution in [0.4, 0.5) is 11.4 Å². The summed E-state index contributed by atoms with van der Waals surface area (Å²) in [6, 6.07) is 13.5. The molecule has 0 aliphatic rings. The fraction of sp³-hybridized carbons (Fsp3) is 0.125. The molecule has 0 aliphatic carbocycles. The summed E-state index contributed by atoms with van der Waals surface area (Å²) in [5, 5.41) is 19.3. The Morgan fingerprint density at radius 2 is 1.86 bits per heavy atom. The normalized spacial score (nSPS) is 11.5. The number of hydrogen-bond acceptors (Lipinski definition) is 3. The summed E-state index contributed by atoms with van der Waals surface area (Å²) < 4.78 is 0.990. The molecular weight excluding hydrogens is 330 g/mol. The summed E-state index contributed by atoms with van der Waals surface area (Å²) in [4.78, 5) is 2.92. The first-order valence-corrected chi connectivity index (χ1v) is 7.47. The van der Waals surface area contributed by atoms with Gasteiger partial charge in [0.05, 0.1) is 11.2 Å². The van der Waals surface area contributed by atoms with E-state index < -0.39 is 0 Å². The van der Waals surface area contributed by atoms with Gasteiger partial charge in [0.1, 0.15) is 0 Å². The summed E-state index contributed by atoms with van der Waals surface area (Å²) in [6.45, 7) is 2.09. The molecule has 21 heavy (non-hydrogen) atoms. The third kappa shape index (κ3) is 2.83. The van der Waals surface area contributed by atoms with Gasteiger partial charge in [-0.15, -0.1) is 5.11 Å². The van der Waals surface area contributed by atoms with Crippen molar-refractivity contribution in [1.82, 2.24) is 4.98 Å². The second-order valence-electron chi connectivity index (χ2n) is 4.73. The molecule has 0 bridgehead atoms. The summed E-state index contributed by atoms with van der Waals surface area (Å²) in [5.74, 6) is 0.0408. The predicted molar refractivity (Wildman–Crippen MR) is 87.7 cm³/mol. The lowest BCUT2D eigenvalue weighted by atomic mass is 10.1. The van der Waals surface area contributed by atoms with Gasteiger partial charge in [0.2, 0.25) is 5.88 Å². The maximum Gasteiger partial charge on any atom is 0.218 e. The van der Waals surface area contributed by atoms with Gasteiger partial charge in [-0.2, -0.15) is 5.11 Å². The molecule has 0 fully saturated rings. The lowest BCUT2D eigenvalue weighted by Gasteiger charge is -1.97. The maximum atomic E-state index is 10.0. The third-order valence-electron chi connectivity index (χ3n) is 3.32. The minimum absolute atomic E-state index is 0.0408. The number of nitrogens with one attached hydrogen (secondary N) is 1. The summed E-state index contributed by atoms with van der Waals surface area (Å²) >= 11 is 3.38. The monoisotopic (exact) mass is 343 g/mol. The van der Waals surface area contributed by atoms with Crippen molar-refractivity contribution >= 4 is 38.2 Å². The van der Waals surface area contributed by atoms with Crippen LogP contribution < -0.4 is 0 Å². The van der Waals surface area contributed by atoms with Gasteiger partial charge < -0.3 is 10.1 Å². The highest BCUT2D eigenvalue weighted by Crippen LogP contribution is 2.36. The number of azo groups is 1. The van der Waals surface area contributed by atoms with Crippen LogP contribution in [-0.4, -0.2) is 10.1 Å². The predicted octanol–water partition coefficient (Wildman–Crippen LogP) is 5.61. The van der Waals surface area contributed by atoms with Crippen LogP contribution >= 0.6 is 15.9 Å². The first kappa shape index (κ1) is 13.8. The van der Waals surface area contributed by atoms with Crippen LogP contribution in [0.3, 0.4) is 0 Å². The van der Waals surface area contributed by atoms with Crippen molar-refractivity contribution in [2.75, 3.05) is 0 Å². The van der Waals surface area contributed by atoms with Crippen molar-refractivity contribution in [3.63, 3.8) is 0 Å². The summed E-state index contributed by atoms with van der Waals surface area (Å²) in [5.41, 5.74) is 3.26. The number of benzene rings is 2.